The van der Waals surface area contributed by atoms with Crippen molar-refractivity contribution in [1.82, 2.24) is 24.6 Å². The molecule has 2 fully saturated rings. The van der Waals surface area contributed by atoms with Crippen molar-refractivity contribution < 1.29 is 37.7 Å². The van der Waals surface area contributed by atoms with Crippen LogP contribution in [-0.4, -0.2) is 68.2 Å². The predicted octanol–water partition coefficient (Wildman–Crippen LogP) is 4.27. The van der Waals surface area contributed by atoms with Crippen LogP contribution < -0.4 is 20.1 Å². The number of ether oxygens (including phenoxy) is 3. The lowest BCUT2D eigenvalue weighted by molar-refractivity contribution is -0.148. The molecule has 6 rings (SSSR count). The van der Waals surface area contributed by atoms with Crippen molar-refractivity contribution in [2.24, 2.45) is 10.8 Å². The number of nitrogens with zero attached hydrogens (tertiary/aromatic N) is 5. The quantitative estimate of drug-likeness (QED) is 0.158. The topological polar surface area (TPSA) is 206 Å². The lowest BCUT2D eigenvalue weighted by Crippen LogP contribution is -2.39. The highest BCUT2D eigenvalue weighted by Gasteiger charge is 2.75. The molecular weight excluding hydrogens is 641 g/mol. The van der Waals surface area contributed by atoms with Crippen LogP contribution in [0, 0.1) is 22.2 Å². The first-order chi connectivity index (χ1) is 22.6. The molecule has 1 unspecified atom stereocenters. The maximum atomic E-state index is 14.6. The van der Waals surface area contributed by atoms with Gasteiger partial charge in [-0.1, -0.05) is 57.2 Å². The maximum Gasteiger partial charge on any atom is 0.459 e. The minimum Gasteiger partial charge on any atom is -0.479 e. The van der Waals surface area contributed by atoms with Crippen LogP contribution in [0.5, 0.6) is 11.6 Å². The van der Waals surface area contributed by atoms with E-state index < -0.39 is 49.2 Å². The average molecular weight is 680 g/mol. The number of aromatic nitrogens is 4. The van der Waals surface area contributed by atoms with Gasteiger partial charge in [0.25, 0.3) is 0 Å². The van der Waals surface area contributed by atoms with Gasteiger partial charge in [-0.2, -0.15) is 20.3 Å². The molecule has 3 heterocycles. The number of rotatable bonds is 10. The highest BCUT2D eigenvalue weighted by Crippen LogP contribution is 2.65. The van der Waals surface area contributed by atoms with Crippen molar-refractivity contribution in [3.8, 4) is 17.7 Å². The highest BCUT2D eigenvalue weighted by molar-refractivity contribution is 7.52. The largest absolute Gasteiger partial charge is 0.479 e. The Kier molecular flexibility index (Phi) is 8.38. The number of aliphatic hydroxyl groups is 1. The number of nitriles is 1. The fourth-order valence-corrected chi connectivity index (χ4v) is 7.58. The van der Waals surface area contributed by atoms with Gasteiger partial charge in [0.1, 0.15) is 35.0 Å². The lowest BCUT2D eigenvalue weighted by Gasteiger charge is -2.26. The molecule has 4 aromatic rings. The third kappa shape index (κ3) is 5.95. The van der Waals surface area contributed by atoms with Gasteiger partial charge in [0.05, 0.1) is 26.1 Å². The van der Waals surface area contributed by atoms with Crippen molar-refractivity contribution in [3.05, 3.63) is 48.8 Å². The average Bonchev–Trinajstić information content (AvgIpc) is 3.46. The molecule has 1 aliphatic carbocycles. The number of esters is 1. The summed E-state index contributed by atoms with van der Waals surface area (Å²) in [5, 5.41) is 26.3. The Morgan fingerprint density at radius 2 is 2.00 bits per heavy atom. The van der Waals surface area contributed by atoms with E-state index in [0.717, 1.165) is 5.39 Å². The summed E-state index contributed by atoms with van der Waals surface area (Å²) < 4.78 is 45.6. The number of benzene rings is 2. The molecule has 2 aromatic heterocycles. The van der Waals surface area contributed by atoms with E-state index in [1.807, 2.05) is 51.1 Å². The number of fused-ring (bicyclic) bond motifs is 2. The van der Waals surface area contributed by atoms with Crippen LogP contribution in [0.3, 0.4) is 0 Å². The Morgan fingerprint density at radius 3 is 2.71 bits per heavy atom. The van der Waals surface area contributed by atoms with E-state index in [1.54, 1.807) is 12.1 Å². The maximum absolute atomic E-state index is 14.6. The SMILES string of the molecule is COc1nc(N)nc2c1ncn2[C@@H]1O[C@]2(C[C@@H]2OP(=O)(N[C@@H](C)C(=O)OCC(C)(C)C)Oc2cccc3ccccc23)[C@@H](O)[C@@]1(C)C#N. The molecule has 7 atom stereocenters. The van der Waals surface area contributed by atoms with Gasteiger partial charge < -0.3 is 29.6 Å². The van der Waals surface area contributed by atoms with Crippen LogP contribution in [0.2, 0.25) is 0 Å². The van der Waals surface area contributed by atoms with E-state index in [0.29, 0.717) is 5.39 Å². The van der Waals surface area contributed by atoms with Crippen LogP contribution >= 0.6 is 7.75 Å². The monoisotopic (exact) mass is 679 g/mol. The standard InChI is InChI=1S/C32H38N7O8P/c1-18(26(40)44-16-30(2,3)4)38-48(42,46-21-13-9-11-19-10-7-8-12-20(19)21)47-22-14-32(22)27(41)31(5,15-33)28(45-32)39-17-35-23-24(39)36-29(34)37-25(23)43-6/h7-13,17-18,22,27-28,41H,14,16H2,1-6H3,(H,38,42)(H2,34,36,37)/t18-,22-,27-,28+,31+,32-,48?/m0/s1. The van der Waals surface area contributed by atoms with Crippen molar-refractivity contribution >= 4 is 41.6 Å². The van der Waals surface area contributed by atoms with Crippen molar-refractivity contribution in [3.63, 3.8) is 0 Å². The van der Waals surface area contributed by atoms with Gasteiger partial charge >= 0.3 is 13.7 Å². The van der Waals surface area contributed by atoms with Gasteiger partial charge in [-0.25, -0.2) is 9.55 Å². The second kappa shape index (κ2) is 12.0. The number of nitrogens with one attached hydrogen (secondary N) is 1. The third-order valence-corrected chi connectivity index (χ3v) is 10.1. The fraction of sp³-hybridized carbons (Fsp3) is 0.469. The van der Waals surface area contributed by atoms with Crippen molar-refractivity contribution in [2.45, 2.75) is 71.1 Å². The Balaban J connectivity index is 1.31. The number of hydrogen-bond donors (Lipinski definition) is 3. The molecule has 16 heteroatoms. The third-order valence-electron chi connectivity index (χ3n) is 8.44. The van der Waals surface area contributed by atoms with Gasteiger partial charge in [-0.15, -0.1) is 0 Å². The number of methoxy groups -OCH3 is 1. The van der Waals surface area contributed by atoms with E-state index in [4.69, 9.17) is 29.0 Å². The predicted molar refractivity (Wildman–Crippen MR) is 174 cm³/mol. The summed E-state index contributed by atoms with van der Waals surface area (Å²) in [5.74, 6) is -0.367. The zero-order chi connectivity index (χ0) is 34.6. The number of anilines is 1. The van der Waals surface area contributed by atoms with Gasteiger partial charge in [0.2, 0.25) is 11.8 Å². The zero-order valence-electron chi connectivity index (χ0n) is 27.4. The molecule has 2 aromatic carbocycles. The van der Waals surface area contributed by atoms with E-state index >= 15 is 0 Å². The minimum absolute atomic E-state index is 0.0580. The van der Waals surface area contributed by atoms with Crippen LogP contribution in [0.15, 0.2) is 48.8 Å². The van der Waals surface area contributed by atoms with Crippen LogP contribution in [0.4, 0.5) is 5.95 Å². The number of hydrogen-bond acceptors (Lipinski definition) is 13. The first-order valence-electron chi connectivity index (χ1n) is 15.3. The summed E-state index contributed by atoms with van der Waals surface area (Å²) in [5.41, 5.74) is 3.10. The number of nitrogen functional groups attached to an aromatic ring is 1. The summed E-state index contributed by atoms with van der Waals surface area (Å²) in [6.07, 6.45) is -2.09. The zero-order valence-corrected chi connectivity index (χ0v) is 28.3. The molecule has 1 saturated carbocycles. The number of nitrogens with two attached hydrogens (primary N) is 1. The Morgan fingerprint density at radius 1 is 1.27 bits per heavy atom. The second-order valence-electron chi connectivity index (χ2n) is 13.5. The smallest absolute Gasteiger partial charge is 0.459 e. The van der Waals surface area contributed by atoms with E-state index in [9.17, 15) is 19.7 Å². The number of carbonyl (C=O) groups is 1. The van der Waals surface area contributed by atoms with Crippen LogP contribution in [0.1, 0.15) is 47.3 Å². The highest BCUT2D eigenvalue weighted by atomic mass is 31.2. The van der Waals surface area contributed by atoms with E-state index in [-0.39, 0.29) is 47.2 Å². The normalized spacial score (nSPS) is 27.0. The van der Waals surface area contributed by atoms with Gasteiger partial charge in [-0.3, -0.25) is 13.9 Å². The minimum atomic E-state index is -4.40. The molecule has 0 bridgehead atoms. The number of carbonyl (C=O) groups excluding carboxylic acids is 1. The van der Waals surface area contributed by atoms with Gasteiger partial charge in [0.15, 0.2) is 17.4 Å². The molecule has 1 spiro atoms. The molecule has 2 aliphatic rings. The summed E-state index contributed by atoms with van der Waals surface area (Å²) >= 11 is 0. The molecule has 15 nitrogen and oxygen atoms in total. The summed E-state index contributed by atoms with van der Waals surface area (Å²) in [6, 6.07) is 13.7. The molecule has 1 saturated heterocycles. The lowest BCUT2D eigenvalue weighted by atomic mass is 9.83. The molecule has 254 valence electrons. The van der Waals surface area contributed by atoms with Crippen molar-refractivity contribution in [2.75, 3.05) is 19.5 Å². The summed E-state index contributed by atoms with van der Waals surface area (Å²) in [4.78, 5) is 25.6. The van der Waals surface area contributed by atoms with Gasteiger partial charge in [0, 0.05) is 11.8 Å². The first kappa shape index (κ1) is 33.6. The van der Waals surface area contributed by atoms with Gasteiger partial charge in [-0.05, 0) is 30.7 Å². The van der Waals surface area contributed by atoms with Crippen LogP contribution in [0.25, 0.3) is 21.9 Å². The molecule has 48 heavy (non-hydrogen) atoms. The molecule has 0 amide bonds. The van der Waals surface area contributed by atoms with Crippen LogP contribution in [-0.2, 0) is 23.4 Å². The summed E-state index contributed by atoms with van der Waals surface area (Å²) in [6.45, 7) is 8.93. The fourth-order valence-electron chi connectivity index (χ4n) is 5.84. The van der Waals surface area contributed by atoms with Crippen molar-refractivity contribution in [1.29, 1.82) is 5.26 Å². The molecule has 4 N–H and O–H groups in total. The molecule has 1 aliphatic heterocycles. The Labute approximate surface area is 276 Å². The molecular formula is C32H38N7O8P. The number of aliphatic hydroxyl groups excluding tert-OH is 1. The number of imidazole rings is 1. The Bertz CT molecular complexity index is 1970. The van der Waals surface area contributed by atoms with E-state index in [1.165, 1.54) is 31.9 Å². The summed E-state index contributed by atoms with van der Waals surface area (Å²) in [7, 11) is -2.99. The second-order valence-corrected chi connectivity index (χ2v) is 15.2. The Hall–Kier alpha value is -4.32. The molecule has 0 radical (unpaired) electrons. The first-order valence-corrected chi connectivity index (χ1v) is 16.9. The van der Waals surface area contributed by atoms with E-state index in [2.05, 4.69) is 26.1 Å².